The Morgan fingerprint density at radius 2 is 2.08 bits per heavy atom. The lowest BCUT2D eigenvalue weighted by Crippen LogP contribution is -2.04. The van der Waals surface area contributed by atoms with E-state index < -0.39 is 11.9 Å². The van der Waals surface area contributed by atoms with Gasteiger partial charge in [-0.2, -0.15) is 0 Å². The van der Waals surface area contributed by atoms with Crippen molar-refractivity contribution in [3.63, 3.8) is 0 Å². The predicted molar refractivity (Wildman–Crippen MR) is 47.2 cm³/mol. The SMILES string of the molecule is C=CC(=O)OCCCC(=C)C(=O)O. The van der Waals surface area contributed by atoms with Crippen LogP contribution in [0.1, 0.15) is 12.8 Å². The number of hydrogen-bond acceptors (Lipinski definition) is 3. The summed E-state index contributed by atoms with van der Waals surface area (Å²) in [5.74, 6) is -1.52. The molecule has 0 spiro atoms. The average Bonchev–Trinajstić information content (AvgIpc) is 2.11. The number of ether oxygens (including phenoxy) is 1. The molecule has 1 N–H and O–H groups in total. The second-order valence-corrected chi connectivity index (χ2v) is 2.38. The molecule has 4 nitrogen and oxygen atoms in total. The molecule has 0 aromatic heterocycles. The first kappa shape index (κ1) is 11.4. The molecule has 0 bridgehead atoms. The molecule has 0 aromatic rings. The zero-order valence-electron chi connectivity index (χ0n) is 7.28. The van der Waals surface area contributed by atoms with E-state index in [-0.39, 0.29) is 12.2 Å². The molecule has 0 amide bonds. The zero-order chi connectivity index (χ0) is 10.3. The molecule has 0 aromatic carbocycles. The largest absolute Gasteiger partial charge is 0.478 e. The van der Waals surface area contributed by atoms with Crippen LogP contribution in [0.2, 0.25) is 0 Å². The van der Waals surface area contributed by atoms with E-state index in [2.05, 4.69) is 17.9 Å². The predicted octanol–water partition coefficient (Wildman–Crippen LogP) is 1.14. The normalized spacial score (nSPS) is 8.92. The molecule has 0 saturated carbocycles. The smallest absolute Gasteiger partial charge is 0.330 e. The van der Waals surface area contributed by atoms with Crippen molar-refractivity contribution < 1.29 is 19.4 Å². The number of carboxylic acids is 1. The third kappa shape index (κ3) is 5.66. The number of hydrogen-bond donors (Lipinski definition) is 1. The summed E-state index contributed by atoms with van der Waals surface area (Å²) in [6.45, 7) is 6.74. The molecular weight excluding hydrogens is 172 g/mol. The van der Waals surface area contributed by atoms with Gasteiger partial charge in [-0.05, 0) is 12.8 Å². The number of carboxylic acid groups (broad SMARTS) is 1. The van der Waals surface area contributed by atoms with Gasteiger partial charge in [0, 0.05) is 11.6 Å². The monoisotopic (exact) mass is 184 g/mol. The lowest BCUT2D eigenvalue weighted by molar-refractivity contribution is -0.137. The van der Waals surface area contributed by atoms with Crippen LogP contribution in [0.3, 0.4) is 0 Å². The maximum absolute atomic E-state index is 10.5. The summed E-state index contributed by atoms with van der Waals surface area (Å²) in [6.07, 6.45) is 1.84. The minimum atomic E-state index is -1.02. The lowest BCUT2D eigenvalue weighted by atomic mass is 10.2. The Morgan fingerprint density at radius 3 is 2.54 bits per heavy atom. The van der Waals surface area contributed by atoms with Crippen molar-refractivity contribution in [3.8, 4) is 0 Å². The summed E-state index contributed by atoms with van der Waals surface area (Å²) in [7, 11) is 0. The van der Waals surface area contributed by atoms with E-state index in [1.54, 1.807) is 0 Å². The standard InChI is InChI=1S/C9H12O4/c1-3-8(10)13-6-4-5-7(2)9(11)12/h3H,1-2,4-6H2,(H,11,12). The molecule has 13 heavy (non-hydrogen) atoms. The number of aliphatic carboxylic acids is 1. The first-order valence-corrected chi connectivity index (χ1v) is 3.78. The number of rotatable bonds is 6. The van der Waals surface area contributed by atoms with Gasteiger partial charge < -0.3 is 9.84 Å². The highest BCUT2D eigenvalue weighted by Crippen LogP contribution is 2.02. The topological polar surface area (TPSA) is 63.6 Å². The van der Waals surface area contributed by atoms with Crippen LogP contribution in [-0.4, -0.2) is 23.7 Å². The second-order valence-electron chi connectivity index (χ2n) is 2.38. The maximum atomic E-state index is 10.5. The van der Waals surface area contributed by atoms with E-state index in [1.165, 1.54) is 0 Å². The Bertz CT molecular complexity index is 230. The van der Waals surface area contributed by atoms with Gasteiger partial charge >= 0.3 is 11.9 Å². The number of carbonyl (C=O) groups is 2. The van der Waals surface area contributed by atoms with Crippen LogP contribution >= 0.6 is 0 Å². The minimum absolute atomic E-state index is 0.120. The molecule has 0 aliphatic rings. The van der Waals surface area contributed by atoms with Crippen molar-refractivity contribution in [3.05, 3.63) is 24.8 Å². The molecule has 0 atom stereocenters. The average molecular weight is 184 g/mol. The van der Waals surface area contributed by atoms with Crippen LogP contribution < -0.4 is 0 Å². The van der Waals surface area contributed by atoms with Crippen LogP contribution in [0.25, 0.3) is 0 Å². The Labute approximate surface area is 76.5 Å². The maximum Gasteiger partial charge on any atom is 0.330 e. The van der Waals surface area contributed by atoms with Crippen LogP contribution in [0.5, 0.6) is 0 Å². The van der Waals surface area contributed by atoms with Crippen LogP contribution in [0.15, 0.2) is 24.8 Å². The summed E-state index contributed by atoms with van der Waals surface area (Å²) >= 11 is 0. The third-order valence-electron chi connectivity index (χ3n) is 1.34. The van der Waals surface area contributed by atoms with E-state index in [9.17, 15) is 9.59 Å². The van der Waals surface area contributed by atoms with Gasteiger partial charge in [-0.1, -0.05) is 13.2 Å². The zero-order valence-corrected chi connectivity index (χ0v) is 7.28. The van der Waals surface area contributed by atoms with Gasteiger partial charge in [0.2, 0.25) is 0 Å². The van der Waals surface area contributed by atoms with Gasteiger partial charge in [-0.25, -0.2) is 9.59 Å². The molecule has 0 fully saturated rings. The van der Waals surface area contributed by atoms with E-state index in [1.807, 2.05) is 0 Å². The molecule has 0 aliphatic heterocycles. The first-order chi connectivity index (χ1) is 6.07. The second kappa shape index (κ2) is 5.99. The summed E-state index contributed by atoms with van der Waals surface area (Å²) in [5.41, 5.74) is 0.120. The van der Waals surface area contributed by atoms with Crippen LogP contribution in [-0.2, 0) is 14.3 Å². The Kier molecular flexibility index (Phi) is 5.27. The lowest BCUT2D eigenvalue weighted by Gasteiger charge is -2.01. The molecular formula is C9H12O4. The van der Waals surface area contributed by atoms with Crippen molar-refractivity contribution in [2.75, 3.05) is 6.61 Å². The summed E-state index contributed by atoms with van der Waals surface area (Å²) in [4.78, 5) is 20.8. The van der Waals surface area contributed by atoms with Crippen molar-refractivity contribution >= 4 is 11.9 Å². The molecule has 0 radical (unpaired) electrons. The van der Waals surface area contributed by atoms with Crippen molar-refractivity contribution in [1.29, 1.82) is 0 Å². The van der Waals surface area contributed by atoms with E-state index in [0.29, 0.717) is 12.8 Å². The fourth-order valence-electron chi connectivity index (χ4n) is 0.624. The third-order valence-corrected chi connectivity index (χ3v) is 1.34. The van der Waals surface area contributed by atoms with Gasteiger partial charge in [0.1, 0.15) is 0 Å². The number of carbonyl (C=O) groups excluding carboxylic acids is 1. The van der Waals surface area contributed by atoms with Gasteiger partial charge in [0.15, 0.2) is 0 Å². The first-order valence-electron chi connectivity index (χ1n) is 3.78. The number of esters is 1. The minimum Gasteiger partial charge on any atom is -0.478 e. The molecule has 0 unspecified atom stereocenters. The van der Waals surface area contributed by atoms with Crippen LogP contribution in [0.4, 0.5) is 0 Å². The molecule has 72 valence electrons. The van der Waals surface area contributed by atoms with Crippen molar-refractivity contribution in [1.82, 2.24) is 0 Å². The fourth-order valence-corrected chi connectivity index (χ4v) is 0.624. The summed E-state index contributed by atoms with van der Waals surface area (Å²) < 4.78 is 4.63. The summed E-state index contributed by atoms with van der Waals surface area (Å²) in [6, 6.07) is 0. The quantitative estimate of drug-likeness (QED) is 0.382. The van der Waals surface area contributed by atoms with Crippen LogP contribution in [0, 0.1) is 0 Å². The Morgan fingerprint density at radius 1 is 1.46 bits per heavy atom. The van der Waals surface area contributed by atoms with E-state index >= 15 is 0 Å². The highest BCUT2D eigenvalue weighted by Gasteiger charge is 2.03. The van der Waals surface area contributed by atoms with Gasteiger partial charge in [-0.15, -0.1) is 0 Å². The molecule has 0 saturated heterocycles. The van der Waals surface area contributed by atoms with Crippen molar-refractivity contribution in [2.45, 2.75) is 12.8 Å². The van der Waals surface area contributed by atoms with Gasteiger partial charge in [0.25, 0.3) is 0 Å². The fraction of sp³-hybridized carbons (Fsp3) is 0.333. The Balaban J connectivity index is 3.46. The Hall–Kier alpha value is -1.58. The van der Waals surface area contributed by atoms with Crippen molar-refractivity contribution in [2.24, 2.45) is 0 Å². The molecule has 0 rings (SSSR count). The van der Waals surface area contributed by atoms with E-state index in [0.717, 1.165) is 6.08 Å². The molecule has 4 heteroatoms. The highest BCUT2D eigenvalue weighted by atomic mass is 16.5. The van der Waals surface area contributed by atoms with Gasteiger partial charge in [0.05, 0.1) is 6.61 Å². The molecule has 0 aliphatic carbocycles. The molecule has 0 heterocycles. The van der Waals surface area contributed by atoms with E-state index in [4.69, 9.17) is 5.11 Å². The summed E-state index contributed by atoms with van der Waals surface area (Å²) in [5, 5.41) is 8.41. The van der Waals surface area contributed by atoms with Gasteiger partial charge in [-0.3, -0.25) is 0 Å². The highest BCUT2D eigenvalue weighted by molar-refractivity contribution is 5.85.